The highest BCUT2D eigenvalue weighted by Gasteiger charge is 2.44. The third-order valence-electron chi connectivity index (χ3n) is 10.9. The fourth-order valence-electron chi connectivity index (χ4n) is 8.24. The molecule has 2 amide bonds. The summed E-state index contributed by atoms with van der Waals surface area (Å²) in [6.07, 6.45) is 4.82. The van der Waals surface area contributed by atoms with Gasteiger partial charge in [-0.2, -0.15) is 18.3 Å². The highest BCUT2D eigenvalue weighted by Crippen LogP contribution is 2.41. The minimum absolute atomic E-state index is 0.0646. The van der Waals surface area contributed by atoms with Crippen LogP contribution in [0.25, 0.3) is 5.82 Å². The summed E-state index contributed by atoms with van der Waals surface area (Å²) in [5.41, 5.74) is 3.18. The minimum atomic E-state index is -4.48. The molecule has 47 heavy (non-hydrogen) atoms. The number of fused-ring (bicyclic) bond motifs is 1. The summed E-state index contributed by atoms with van der Waals surface area (Å²) in [4.78, 5) is 37.4. The first-order valence-electron chi connectivity index (χ1n) is 16.7. The van der Waals surface area contributed by atoms with Crippen molar-refractivity contribution in [1.29, 1.82) is 0 Å². The van der Waals surface area contributed by atoms with Gasteiger partial charge in [-0.25, -0.2) is 9.67 Å². The van der Waals surface area contributed by atoms with Crippen LogP contribution in [0.3, 0.4) is 0 Å². The highest BCUT2D eigenvalue weighted by molar-refractivity contribution is 5.97. The molecule has 3 aliphatic heterocycles. The fourth-order valence-corrected chi connectivity index (χ4v) is 8.24. The fraction of sp³-hybridized carbons (Fsp3) is 0.500. The summed E-state index contributed by atoms with van der Waals surface area (Å²) in [5, 5.41) is 4.46. The number of likely N-dealkylation sites (tertiary alicyclic amines) is 2. The topological polar surface area (TPSA) is 74.6 Å². The Kier molecular flexibility index (Phi) is 8.12. The molecule has 2 aromatic heterocycles. The largest absolute Gasteiger partial charge is 0.417 e. The van der Waals surface area contributed by atoms with Crippen molar-refractivity contribution in [2.45, 2.75) is 64.0 Å². The molecule has 8 nitrogen and oxygen atoms in total. The molecule has 248 valence electrons. The van der Waals surface area contributed by atoms with E-state index in [-0.39, 0.29) is 29.0 Å². The van der Waals surface area contributed by atoms with Crippen molar-refractivity contribution in [3.05, 3.63) is 88.5 Å². The van der Waals surface area contributed by atoms with E-state index in [9.17, 15) is 22.8 Å². The molecule has 3 fully saturated rings. The second kappa shape index (κ2) is 12.1. The van der Waals surface area contributed by atoms with Crippen molar-refractivity contribution >= 4 is 11.8 Å². The Balaban J connectivity index is 1.01. The van der Waals surface area contributed by atoms with Crippen LogP contribution in [-0.4, -0.2) is 80.5 Å². The van der Waals surface area contributed by atoms with Crippen molar-refractivity contribution < 1.29 is 22.8 Å². The average molecular weight is 647 g/mol. The van der Waals surface area contributed by atoms with Gasteiger partial charge in [0.2, 0.25) is 5.91 Å². The van der Waals surface area contributed by atoms with Crippen molar-refractivity contribution in [3.8, 4) is 5.82 Å². The van der Waals surface area contributed by atoms with E-state index in [0.717, 1.165) is 77.0 Å². The van der Waals surface area contributed by atoms with Gasteiger partial charge in [0.15, 0.2) is 5.82 Å². The Morgan fingerprint density at radius 2 is 1.77 bits per heavy atom. The standard InChI is InChI=1S/C36H41F3N6O2/c1-24-32(25(2)45(41-24)31-13-12-30(18-40-31)36(37,38)39)34(47)44-21-27-19-42(20-28(27)22-44)16-14-35(29-10-4-3-5-11-29)15-17-43(23-35)33(46)26-8-6-7-9-26/h3-5,10-13,18-19,26,28H,6-9,14-17,20-23H2,1-2H3. The smallest absolute Gasteiger partial charge is 0.377 e. The lowest BCUT2D eigenvalue weighted by atomic mass is 9.76. The number of hydrogen-bond donors (Lipinski definition) is 0. The Bertz CT molecular complexity index is 1680. The number of rotatable bonds is 7. The molecule has 2 atom stereocenters. The highest BCUT2D eigenvalue weighted by atomic mass is 19.4. The van der Waals surface area contributed by atoms with E-state index in [2.05, 4.69) is 50.3 Å². The number of halogens is 3. The van der Waals surface area contributed by atoms with Crippen molar-refractivity contribution in [2.75, 3.05) is 39.3 Å². The molecule has 1 saturated carbocycles. The van der Waals surface area contributed by atoms with Gasteiger partial charge in [-0.15, -0.1) is 0 Å². The zero-order chi connectivity index (χ0) is 32.9. The Hall–Kier alpha value is -4.15. The Labute approximate surface area is 273 Å². The predicted molar refractivity (Wildman–Crippen MR) is 171 cm³/mol. The molecule has 1 aliphatic carbocycles. The van der Waals surface area contributed by atoms with Crippen LogP contribution in [0.2, 0.25) is 0 Å². The van der Waals surface area contributed by atoms with E-state index in [1.807, 2.05) is 11.0 Å². The van der Waals surface area contributed by atoms with Gasteiger partial charge in [-0.05, 0) is 62.8 Å². The van der Waals surface area contributed by atoms with Crippen LogP contribution in [0, 0.1) is 25.7 Å². The van der Waals surface area contributed by atoms with Crippen LogP contribution in [0.5, 0.6) is 0 Å². The second-order valence-corrected chi connectivity index (χ2v) is 13.8. The number of aromatic nitrogens is 3. The van der Waals surface area contributed by atoms with Gasteiger partial charge in [0, 0.05) is 68.9 Å². The third kappa shape index (κ3) is 5.93. The molecule has 2 unspecified atom stereocenters. The van der Waals surface area contributed by atoms with Crippen molar-refractivity contribution in [3.63, 3.8) is 0 Å². The van der Waals surface area contributed by atoms with E-state index in [1.54, 1.807) is 13.8 Å². The number of carbonyl (C=O) groups is 2. The molecule has 0 N–H and O–H groups in total. The van der Waals surface area contributed by atoms with Crippen LogP contribution in [0.4, 0.5) is 13.2 Å². The number of aryl methyl sites for hydroxylation is 1. The monoisotopic (exact) mass is 646 g/mol. The number of pyridine rings is 1. The molecule has 7 rings (SSSR count). The first kappa shape index (κ1) is 31.4. The molecule has 0 bridgehead atoms. The molecular weight excluding hydrogens is 605 g/mol. The van der Waals surface area contributed by atoms with Crippen LogP contribution in [0.1, 0.15) is 71.4 Å². The van der Waals surface area contributed by atoms with Gasteiger partial charge in [0.25, 0.3) is 5.91 Å². The number of benzene rings is 1. The number of nitrogens with zero attached hydrogens (tertiary/aromatic N) is 6. The van der Waals surface area contributed by atoms with Gasteiger partial charge < -0.3 is 14.7 Å². The average Bonchev–Trinajstić information content (AvgIpc) is 3.89. The number of alkyl halides is 3. The van der Waals surface area contributed by atoms with Gasteiger partial charge in [0.1, 0.15) is 0 Å². The zero-order valence-corrected chi connectivity index (χ0v) is 27.0. The molecular formula is C36H41F3N6O2. The number of carbonyl (C=O) groups excluding carboxylic acids is 2. The first-order chi connectivity index (χ1) is 22.5. The van der Waals surface area contributed by atoms with E-state index in [4.69, 9.17) is 0 Å². The first-order valence-corrected chi connectivity index (χ1v) is 16.7. The van der Waals surface area contributed by atoms with Crippen LogP contribution in [-0.2, 0) is 16.4 Å². The second-order valence-electron chi connectivity index (χ2n) is 13.8. The molecule has 0 radical (unpaired) electrons. The lowest BCUT2D eigenvalue weighted by molar-refractivity contribution is -0.138. The van der Waals surface area contributed by atoms with Crippen LogP contribution < -0.4 is 0 Å². The van der Waals surface area contributed by atoms with Gasteiger partial charge in [-0.1, -0.05) is 43.2 Å². The molecule has 0 spiro atoms. The summed E-state index contributed by atoms with van der Waals surface area (Å²) in [6.45, 7) is 7.96. The van der Waals surface area contributed by atoms with E-state index in [0.29, 0.717) is 35.9 Å². The Morgan fingerprint density at radius 1 is 1.00 bits per heavy atom. The molecule has 11 heteroatoms. The van der Waals surface area contributed by atoms with Gasteiger partial charge in [0.05, 0.1) is 22.5 Å². The van der Waals surface area contributed by atoms with E-state index in [1.165, 1.54) is 21.9 Å². The lowest BCUT2D eigenvalue weighted by Crippen LogP contribution is -2.39. The SMILES string of the molecule is Cc1nn(-c2ccc(C(F)(F)F)cn2)c(C)c1C(=O)N1CC2=CN(CCC3(c4ccccc4)CCN(C(=O)C4CCCC4)C3)CC2C1. The third-order valence-corrected chi connectivity index (χ3v) is 10.9. The number of hydrogen-bond acceptors (Lipinski definition) is 5. The molecule has 2 saturated heterocycles. The predicted octanol–water partition coefficient (Wildman–Crippen LogP) is 5.93. The maximum Gasteiger partial charge on any atom is 0.417 e. The maximum absolute atomic E-state index is 13.7. The summed E-state index contributed by atoms with van der Waals surface area (Å²) >= 11 is 0. The van der Waals surface area contributed by atoms with E-state index >= 15 is 0 Å². The maximum atomic E-state index is 13.7. The van der Waals surface area contributed by atoms with Crippen LogP contribution >= 0.6 is 0 Å². The van der Waals surface area contributed by atoms with Crippen molar-refractivity contribution in [2.24, 2.45) is 11.8 Å². The summed E-state index contributed by atoms with van der Waals surface area (Å²) in [7, 11) is 0. The summed E-state index contributed by atoms with van der Waals surface area (Å²) in [6, 6.07) is 12.9. The summed E-state index contributed by atoms with van der Waals surface area (Å²) in [5.74, 6) is 0.896. The van der Waals surface area contributed by atoms with E-state index < -0.39 is 11.7 Å². The zero-order valence-electron chi connectivity index (χ0n) is 27.0. The molecule has 1 aromatic carbocycles. The minimum Gasteiger partial charge on any atom is -0.377 e. The van der Waals surface area contributed by atoms with Crippen LogP contribution in [0.15, 0.2) is 60.4 Å². The Morgan fingerprint density at radius 3 is 2.45 bits per heavy atom. The summed E-state index contributed by atoms with van der Waals surface area (Å²) < 4.78 is 40.5. The van der Waals surface area contributed by atoms with Crippen molar-refractivity contribution in [1.82, 2.24) is 29.5 Å². The normalized spacial score (nSPS) is 23.1. The van der Waals surface area contributed by atoms with Gasteiger partial charge in [-0.3, -0.25) is 9.59 Å². The lowest BCUT2D eigenvalue weighted by Gasteiger charge is -2.33. The van der Waals surface area contributed by atoms with Gasteiger partial charge >= 0.3 is 6.18 Å². The molecule has 4 aliphatic rings. The number of amides is 2. The molecule has 5 heterocycles. The molecule has 3 aromatic rings. The quantitative estimate of drug-likeness (QED) is 0.319.